The summed E-state index contributed by atoms with van der Waals surface area (Å²) in [4.78, 5) is 14.4. The van der Waals surface area contributed by atoms with Crippen LogP contribution in [0.5, 0.6) is 0 Å². The largest absolute Gasteiger partial charge is 0.376 e. The molecule has 1 aromatic rings. The molecule has 1 saturated heterocycles. The van der Waals surface area contributed by atoms with E-state index in [1.807, 2.05) is 4.90 Å². The molecular weight excluding hydrogens is 260 g/mol. The van der Waals surface area contributed by atoms with Crippen molar-refractivity contribution >= 4 is 11.6 Å². The van der Waals surface area contributed by atoms with Gasteiger partial charge in [0.15, 0.2) is 0 Å². The van der Waals surface area contributed by atoms with E-state index >= 15 is 0 Å². The Morgan fingerprint density at radius 1 is 1.00 bits per heavy atom. The number of hydrogen-bond acceptors (Lipinski definition) is 2. The number of benzene rings is 1. The van der Waals surface area contributed by atoms with Gasteiger partial charge < -0.3 is 10.2 Å². The summed E-state index contributed by atoms with van der Waals surface area (Å²) in [5.41, 5.74) is 4.08. The van der Waals surface area contributed by atoms with E-state index in [9.17, 15) is 4.79 Å². The van der Waals surface area contributed by atoms with E-state index in [2.05, 4.69) is 23.5 Å². The van der Waals surface area contributed by atoms with Crippen LogP contribution in [0.2, 0.25) is 0 Å². The first-order chi connectivity index (χ1) is 10.3. The van der Waals surface area contributed by atoms with Crippen molar-refractivity contribution in [3.8, 4) is 0 Å². The Bertz CT molecular complexity index is 490. The quantitative estimate of drug-likeness (QED) is 0.924. The Kier molecular flexibility index (Phi) is 4.79. The molecule has 0 unspecified atom stereocenters. The number of aryl methyl sites for hydroxylation is 1. The first-order valence-electron chi connectivity index (χ1n) is 8.47. The summed E-state index contributed by atoms with van der Waals surface area (Å²) in [7, 11) is 0. The number of nitrogens with zero attached hydrogens (tertiary/aromatic N) is 1. The fourth-order valence-corrected chi connectivity index (χ4v) is 3.55. The van der Waals surface area contributed by atoms with Gasteiger partial charge in [0, 0.05) is 18.8 Å². The van der Waals surface area contributed by atoms with Crippen molar-refractivity contribution in [3.63, 3.8) is 0 Å². The summed E-state index contributed by atoms with van der Waals surface area (Å²) in [6.07, 6.45) is 9.75. The van der Waals surface area contributed by atoms with Gasteiger partial charge in [0.05, 0.1) is 6.54 Å². The van der Waals surface area contributed by atoms with E-state index in [1.54, 1.807) is 0 Å². The fraction of sp³-hybridized carbons (Fsp3) is 0.611. The summed E-state index contributed by atoms with van der Waals surface area (Å²) in [6, 6.07) is 6.47. The summed E-state index contributed by atoms with van der Waals surface area (Å²) in [6.45, 7) is 2.32. The zero-order chi connectivity index (χ0) is 14.5. The third-order valence-electron chi connectivity index (χ3n) is 4.78. The van der Waals surface area contributed by atoms with Crippen molar-refractivity contribution in [3.05, 3.63) is 29.3 Å². The van der Waals surface area contributed by atoms with Crippen LogP contribution in [-0.2, 0) is 17.6 Å². The number of likely N-dealkylation sites (tertiary alicyclic amines) is 1. The average molecular weight is 286 g/mol. The van der Waals surface area contributed by atoms with Gasteiger partial charge in [0.1, 0.15) is 0 Å². The number of rotatable bonds is 3. The number of amides is 1. The molecule has 3 heteroatoms. The van der Waals surface area contributed by atoms with Crippen LogP contribution in [0.4, 0.5) is 5.69 Å². The van der Waals surface area contributed by atoms with E-state index in [0.29, 0.717) is 6.54 Å². The van der Waals surface area contributed by atoms with Crippen LogP contribution in [0.15, 0.2) is 18.2 Å². The molecule has 3 nitrogen and oxygen atoms in total. The van der Waals surface area contributed by atoms with E-state index < -0.39 is 0 Å². The monoisotopic (exact) mass is 286 g/mol. The lowest BCUT2D eigenvalue weighted by Gasteiger charge is -2.23. The Hall–Kier alpha value is -1.51. The molecule has 1 amide bonds. The maximum Gasteiger partial charge on any atom is 0.241 e. The lowest BCUT2D eigenvalue weighted by atomic mass is 9.90. The van der Waals surface area contributed by atoms with Crippen molar-refractivity contribution < 1.29 is 4.79 Å². The van der Waals surface area contributed by atoms with Gasteiger partial charge in [0.2, 0.25) is 5.91 Å². The maximum absolute atomic E-state index is 12.4. The van der Waals surface area contributed by atoms with Crippen molar-refractivity contribution in [2.24, 2.45) is 0 Å². The highest BCUT2D eigenvalue weighted by Crippen LogP contribution is 2.27. The number of nitrogens with one attached hydrogen (secondary N) is 1. The first kappa shape index (κ1) is 14.4. The van der Waals surface area contributed by atoms with Gasteiger partial charge in [-0.05, 0) is 55.7 Å². The summed E-state index contributed by atoms with van der Waals surface area (Å²) >= 11 is 0. The molecule has 1 aromatic carbocycles. The molecule has 1 fully saturated rings. The maximum atomic E-state index is 12.4. The number of anilines is 1. The second-order valence-corrected chi connectivity index (χ2v) is 6.30. The molecule has 114 valence electrons. The molecule has 0 aromatic heterocycles. The van der Waals surface area contributed by atoms with Crippen molar-refractivity contribution in [2.75, 3.05) is 25.0 Å². The van der Waals surface area contributed by atoms with Crippen LogP contribution in [-0.4, -0.2) is 30.4 Å². The molecule has 2 aliphatic rings. The second kappa shape index (κ2) is 6.97. The average Bonchev–Trinajstić information content (AvgIpc) is 2.82. The van der Waals surface area contributed by atoms with Crippen LogP contribution >= 0.6 is 0 Å². The number of carbonyl (C=O) groups is 1. The van der Waals surface area contributed by atoms with Crippen LogP contribution < -0.4 is 5.32 Å². The molecular formula is C18H26N2O. The third-order valence-corrected chi connectivity index (χ3v) is 4.78. The standard InChI is InChI=1S/C18H26N2O/c21-18(20-12-5-1-2-6-13-20)14-19-17-11-7-9-15-8-3-4-10-16(15)17/h7,9,11,19H,1-6,8,10,12-14H2. The molecule has 0 bridgehead atoms. The minimum absolute atomic E-state index is 0.255. The van der Waals surface area contributed by atoms with Gasteiger partial charge in [-0.3, -0.25) is 4.79 Å². The van der Waals surface area contributed by atoms with Crippen LogP contribution in [0, 0.1) is 0 Å². The van der Waals surface area contributed by atoms with Crippen molar-refractivity contribution in [1.29, 1.82) is 0 Å². The molecule has 1 N–H and O–H groups in total. The van der Waals surface area contributed by atoms with Gasteiger partial charge in [-0.2, -0.15) is 0 Å². The summed E-state index contributed by atoms with van der Waals surface area (Å²) in [5, 5.41) is 3.40. The molecule has 1 aliphatic heterocycles. The number of fused-ring (bicyclic) bond motifs is 1. The van der Waals surface area contributed by atoms with Crippen molar-refractivity contribution in [2.45, 2.75) is 51.4 Å². The summed E-state index contributed by atoms with van der Waals surface area (Å²) < 4.78 is 0. The van der Waals surface area contributed by atoms with Gasteiger partial charge in [-0.1, -0.05) is 25.0 Å². The Labute approximate surface area is 127 Å². The van der Waals surface area contributed by atoms with E-state index in [0.717, 1.165) is 32.4 Å². The number of carbonyl (C=O) groups excluding carboxylic acids is 1. The Morgan fingerprint density at radius 3 is 2.57 bits per heavy atom. The minimum Gasteiger partial charge on any atom is -0.376 e. The van der Waals surface area contributed by atoms with Gasteiger partial charge in [0.25, 0.3) is 0 Å². The lowest BCUT2D eigenvalue weighted by molar-refractivity contribution is -0.129. The molecule has 0 spiro atoms. The SMILES string of the molecule is O=C(CNc1cccc2c1CCCC2)N1CCCCCC1. The second-order valence-electron chi connectivity index (χ2n) is 6.30. The van der Waals surface area contributed by atoms with Gasteiger partial charge in [-0.25, -0.2) is 0 Å². The Morgan fingerprint density at radius 2 is 1.76 bits per heavy atom. The smallest absolute Gasteiger partial charge is 0.241 e. The Balaban J connectivity index is 1.61. The van der Waals surface area contributed by atoms with Crippen LogP contribution in [0.1, 0.15) is 49.7 Å². The van der Waals surface area contributed by atoms with E-state index in [1.165, 1.54) is 48.9 Å². The topological polar surface area (TPSA) is 32.3 Å². The molecule has 0 radical (unpaired) electrons. The minimum atomic E-state index is 0.255. The molecule has 21 heavy (non-hydrogen) atoms. The highest BCUT2D eigenvalue weighted by Gasteiger charge is 2.17. The van der Waals surface area contributed by atoms with Crippen LogP contribution in [0.3, 0.4) is 0 Å². The molecule has 0 saturated carbocycles. The zero-order valence-electron chi connectivity index (χ0n) is 12.9. The zero-order valence-corrected chi connectivity index (χ0v) is 12.9. The molecule has 1 heterocycles. The molecule has 0 atom stereocenters. The van der Waals surface area contributed by atoms with Gasteiger partial charge >= 0.3 is 0 Å². The highest BCUT2D eigenvalue weighted by molar-refractivity contribution is 5.81. The number of hydrogen-bond donors (Lipinski definition) is 1. The first-order valence-corrected chi connectivity index (χ1v) is 8.47. The summed E-state index contributed by atoms with van der Waals surface area (Å²) in [5.74, 6) is 0.255. The fourth-order valence-electron chi connectivity index (χ4n) is 3.55. The predicted molar refractivity (Wildman–Crippen MR) is 86.6 cm³/mol. The molecule has 1 aliphatic carbocycles. The normalized spacial score (nSPS) is 18.8. The molecule has 3 rings (SSSR count). The van der Waals surface area contributed by atoms with Crippen LogP contribution in [0.25, 0.3) is 0 Å². The highest BCUT2D eigenvalue weighted by atomic mass is 16.2. The van der Waals surface area contributed by atoms with E-state index in [-0.39, 0.29) is 5.91 Å². The van der Waals surface area contributed by atoms with E-state index in [4.69, 9.17) is 0 Å². The predicted octanol–water partition coefficient (Wildman–Crippen LogP) is 3.38. The lowest BCUT2D eigenvalue weighted by Crippen LogP contribution is -2.36. The van der Waals surface area contributed by atoms with Crippen molar-refractivity contribution in [1.82, 2.24) is 4.90 Å². The third kappa shape index (κ3) is 3.58. The van der Waals surface area contributed by atoms with Gasteiger partial charge in [-0.15, -0.1) is 0 Å².